The van der Waals surface area contributed by atoms with Crippen molar-refractivity contribution in [1.82, 2.24) is 15.3 Å². The van der Waals surface area contributed by atoms with Crippen LogP contribution in [-0.2, 0) is 0 Å². The Bertz CT molecular complexity index is 788. The molecule has 8 heteroatoms. The van der Waals surface area contributed by atoms with Crippen molar-refractivity contribution < 1.29 is 9.53 Å². The Morgan fingerprint density at radius 3 is 2.79 bits per heavy atom. The van der Waals surface area contributed by atoms with E-state index in [9.17, 15) is 4.79 Å². The Hall–Kier alpha value is -2.93. The van der Waals surface area contributed by atoms with Gasteiger partial charge in [-0.3, -0.25) is 9.78 Å². The molecule has 1 aromatic heterocycles. The van der Waals surface area contributed by atoms with Crippen molar-refractivity contribution in [3.05, 3.63) is 59.1 Å². The maximum Gasteiger partial charge on any atom is 0.279 e. The number of amidine groups is 1. The number of hydrogen-bond donors (Lipinski definition) is 2. The van der Waals surface area contributed by atoms with Crippen molar-refractivity contribution in [2.45, 2.75) is 6.92 Å². The van der Waals surface area contributed by atoms with E-state index in [1.54, 1.807) is 25.5 Å². The fraction of sp³-hybridized carbons (Fsp3) is 0.125. The number of carbonyl (C=O) groups excluding carboxylic acids is 1. The minimum absolute atomic E-state index is 0.0706. The molecule has 0 atom stereocenters. The number of aryl methyl sites for hydroxylation is 1. The Morgan fingerprint density at radius 1 is 1.33 bits per heavy atom. The van der Waals surface area contributed by atoms with Gasteiger partial charge in [0.15, 0.2) is 0 Å². The average molecular weight is 346 g/mol. The van der Waals surface area contributed by atoms with Gasteiger partial charge in [0.1, 0.15) is 11.6 Å². The number of aromatic nitrogens is 2. The summed E-state index contributed by atoms with van der Waals surface area (Å²) in [5.41, 5.74) is 6.65. The third kappa shape index (κ3) is 5.06. The van der Waals surface area contributed by atoms with E-state index in [0.29, 0.717) is 16.7 Å². The maximum absolute atomic E-state index is 12.2. The summed E-state index contributed by atoms with van der Waals surface area (Å²) in [4.78, 5) is 24.1. The molecule has 0 aliphatic carbocycles. The first-order chi connectivity index (χ1) is 11.5. The first kappa shape index (κ1) is 17.4. The van der Waals surface area contributed by atoms with Crippen molar-refractivity contribution in [3.63, 3.8) is 0 Å². The van der Waals surface area contributed by atoms with Crippen LogP contribution >= 0.6 is 11.6 Å². The second kappa shape index (κ2) is 8.07. The van der Waals surface area contributed by atoms with Crippen LogP contribution in [0.15, 0.2) is 47.9 Å². The molecule has 0 unspecified atom stereocenters. The monoisotopic (exact) mass is 345 g/mol. The third-order valence-corrected chi connectivity index (χ3v) is 2.97. The Labute approximate surface area is 144 Å². The smallest absolute Gasteiger partial charge is 0.279 e. The molecule has 1 heterocycles. The van der Waals surface area contributed by atoms with Crippen LogP contribution in [0, 0.1) is 6.92 Å². The van der Waals surface area contributed by atoms with Gasteiger partial charge in [0.05, 0.1) is 18.1 Å². The van der Waals surface area contributed by atoms with Gasteiger partial charge in [0, 0.05) is 17.6 Å². The lowest BCUT2D eigenvalue weighted by atomic mass is 10.2. The fourth-order valence-corrected chi connectivity index (χ4v) is 1.91. The number of nitrogens with two attached hydrogens (primary N) is 1. The summed E-state index contributed by atoms with van der Waals surface area (Å²) in [7, 11) is 1.71. The molecule has 0 saturated carbocycles. The van der Waals surface area contributed by atoms with Gasteiger partial charge < -0.3 is 15.8 Å². The molecule has 1 amide bonds. The Morgan fingerprint density at radius 2 is 2.12 bits per heavy atom. The topological polar surface area (TPSA) is 102 Å². The summed E-state index contributed by atoms with van der Waals surface area (Å²) in [6.07, 6.45) is 6.10. The highest BCUT2D eigenvalue weighted by Crippen LogP contribution is 2.25. The Kier molecular flexibility index (Phi) is 5.86. The lowest BCUT2D eigenvalue weighted by Crippen LogP contribution is -2.12. The Balaban J connectivity index is 2.23. The van der Waals surface area contributed by atoms with Gasteiger partial charge in [-0.15, -0.1) is 0 Å². The zero-order valence-electron chi connectivity index (χ0n) is 13.2. The minimum Gasteiger partial charge on any atom is -0.437 e. The molecule has 7 nitrogen and oxygen atoms in total. The molecule has 0 radical (unpaired) electrons. The van der Waals surface area contributed by atoms with E-state index in [-0.39, 0.29) is 11.4 Å². The van der Waals surface area contributed by atoms with Crippen LogP contribution < -0.4 is 15.8 Å². The molecule has 2 rings (SSSR count). The maximum atomic E-state index is 12.2. The number of rotatable bonds is 5. The van der Waals surface area contributed by atoms with Crippen molar-refractivity contribution in [1.29, 1.82) is 0 Å². The standard InChI is InChI=1S/C16H16ClN5O2/c1-10-8-21-15(9-20-10)24-13-6-11(5-12(17)7-13)16(23)22-14(18)3-4-19-2/h3-9,19H,1-2H3,(H2,18,22,23)/b4-3-. The molecular weight excluding hydrogens is 330 g/mol. The van der Waals surface area contributed by atoms with E-state index in [2.05, 4.69) is 20.3 Å². The number of nitrogens with zero attached hydrogens (tertiary/aromatic N) is 3. The van der Waals surface area contributed by atoms with Gasteiger partial charge in [0.25, 0.3) is 5.91 Å². The summed E-state index contributed by atoms with van der Waals surface area (Å²) in [6, 6.07) is 4.55. The van der Waals surface area contributed by atoms with E-state index >= 15 is 0 Å². The molecule has 3 N–H and O–H groups in total. The summed E-state index contributed by atoms with van der Waals surface area (Å²) in [5.74, 6) is 0.182. The second-order valence-electron chi connectivity index (χ2n) is 4.74. The van der Waals surface area contributed by atoms with Crippen LogP contribution in [0.25, 0.3) is 0 Å². The molecule has 0 saturated heterocycles. The quantitative estimate of drug-likeness (QED) is 0.637. The zero-order valence-corrected chi connectivity index (χ0v) is 13.9. The second-order valence-corrected chi connectivity index (χ2v) is 5.17. The summed E-state index contributed by atoms with van der Waals surface area (Å²) in [6.45, 7) is 1.82. The van der Waals surface area contributed by atoms with Crippen molar-refractivity contribution in [2.24, 2.45) is 10.7 Å². The number of carbonyl (C=O) groups is 1. The molecule has 24 heavy (non-hydrogen) atoms. The van der Waals surface area contributed by atoms with Crippen molar-refractivity contribution in [2.75, 3.05) is 7.05 Å². The molecule has 0 spiro atoms. The molecule has 0 bridgehead atoms. The molecule has 0 aliphatic heterocycles. The predicted octanol–water partition coefficient (Wildman–Crippen LogP) is 2.46. The van der Waals surface area contributed by atoms with Gasteiger partial charge in [-0.05, 0) is 37.4 Å². The number of nitrogens with one attached hydrogen (secondary N) is 1. The van der Waals surface area contributed by atoms with Gasteiger partial charge in [0.2, 0.25) is 5.88 Å². The largest absolute Gasteiger partial charge is 0.437 e. The molecular formula is C16H16ClN5O2. The van der Waals surface area contributed by atoms with Gasteiger partial charge in [-0.2, -0.15) is 4.99 Å². The van der Waals surface area contributed by atoms with E-state index in [0.717, 1.165) is 5.69 Å². The molecule has 1 aromatic carbocycles. The molecule has 2 aromatic rings. The number of ether oxygens (including phenoxy) is 1. The zero-order chi connectivity index (χ0) is 17.5. The van der Waals surface area contributed by atoms with Gasteiger partial charge in [-0.25, -0.2) is 4.98 Å². The SMILES string of the molecule is CN/C=C\C(N)=NC(=O)c1cc(Cl)cc(Oc2cnc(C)cn2)c1. The minimum atomic E-state index is -0.532. The fourth-order valence-electron chi connectivity index (χ4n) is 1.69. The van der Waals surface area contributed by atoms with Crippen LogP contribution in [0.4, 0.5) is 0 Å². The van der Waals surface area contributed by atoms with Crippen LogP contribution in [0.5, 0.6) is 11.6 Å². The lowest BCUT2D eigenvalue weighted by Gasteiger charge is -2.06. The third-order valence-electron chi connectivity index (χ3n) is 2.75. The van der Waals surface area contributed by atoms with Crippen LogP contribution in [0.3, 0.4) is 0 Å². The van der Waals surface area contributed by atoms with Crippen LogP contribution in [0.1, 0.15) is 16.1 Å². The molecule has 0 aliphatic rings. The molecule has 0 fully saturated rings. The van der Waals surface area contributed by atoms with E-state index in [1.807, 2.05) is 6.92 Å². The number of halogens is 1. The summed E-state index contributed by atoms with van der Waals surface area (Å²) >= 11 is 6.03. The normalized spacial score (nSPS) is 11.5. The highest BCUT2D eigenvalue weighted by molar-refractivity contribution is 6.31. The summed E-state index contributed by atoms with van der Waals surface area (Å²) in [5, 5.41) is 3.08. The van der Waals surface area contributed by atoms with Crippen molar-refractivity contribution >= 4 is 23.3 Å². The first-order valence-corrected chi connectivity index (χ1v) is 7.35. The van der Waals surface area contributed by atoms with E-state index in [4.69, 9.17) is 22.1 Å². The average Bonchev–Trinajstić information content (AvgIpc) is 2.54. The predicted molar refractivity (Wildman–Crippen MR) is 92.4 cm³/mol. The molecule has 124 valence electrons. The van der Waals surface area contributed by atoms with Crippen molar-refractivity contribution in [3.8, 4) is 11.6 Å². The number of benzene rings is 1. The highest BCUT2D eigenvalue weighted by Gasteiger charge is 2.10. The lowest BCUT2D eigenvalue weighted by molar-refractivity contribution is 0.100. The van der Waals surface area contributed by atoms with Gasteiger partial charge in [-0.1, -0.05) is 11.6 Å². The number of hydrogen-bond acceptors (Lipinski definition) is 5. The highest BCUT2D eigenvalue weighted by atomic mass is 35.5. The number of aliphatic imine (C=N–C) groups is 1. The first-order valence-electron chi connectivity index (χ1n) is 6.97. The summed E-state index contributed by atoms with van der Waals surface area (Å²) < 4.78 is 5.56. The number of amides is 1. The van der Waals surface area contributed by atoms with Crippen LogP contribution in [-0.4, -0.2) is 28.8 Å². The van der Waals surface area contributed by atoms with Gasteiger partial charge >= 0.3 is 0 Å². The van der Waals surface area contributed by atoms with E-state index < -0.39 is 5.91 Å². The van der Waals surface area contributed by atoms with E-state index in [1.165, 1.54) is 24.4 Å². The van der Waals surface area contributed by atoms with Crippen LogP contribution in [0.2, 0.25) is 5.02 Å².